The fourth-order valence-corrected chi connectivity index (χ4v) is 0.451. The highest BCUT2D eigenvalue weighted by atomic mass is 16.6. The van der Waals surface area contributed by atoms with E-state index in [9.17, 15) is 9.59 Å². The lowest BCUT2D eigenvalue weighted by Gasteiger charge is -2.02. The highest BCUT2D eigenvalue weighted by Gasteiger charge is 2.10. The molecule has 0 N–H and O–H groups in total. The van der Waals surface area contributed by atoms with E-state index in [1.54, 1.807) is 0 Å². The van der Waals surface area contributed by atoms with Gasteiger partial charge in [-0.25, -0.2) is 9.59 Å². The molecule has 0 atom stereocenters. The van der Waals surface area contributed by atoms with Crippen molar-refractivity contribution in [3.63, 3.8) is 0 Å². The molecule has 0 aliphatic heterocycles. The minimum absolute atomic E-state index is 0.0512. The van der Waals surface area contributed by atoms with Crippen LogP contribution < -0.4 is 0 Å². The van der Waals surface area contributed by atoms with Crippen LogP contribution in [0.5, 0.6) is 0 Å². The van der Waals surface area contributed by atoms with Crippen LogP contribution in [-0.4, -0.2) is 25.2 Å². The molecule has 0 aliphatic rings. The van der Waals surface area contributed by atoms with Crippen LogP contribution in [0.15, 0.2) is 24.8 Å². The quantitative estimate of drug-likeness (QED) is 0.273. The molecule has 0 heterocycles. The number of esters is 2. The molecule has 0 rings (SSSR count). The third-order valence-corrected chi connectivity index (χ3v) is 1.06. The highest BCUT2D eigenvalue weighted by molar-refractivity contribution is 5.93. The molecule has 0 aliphatic carbocycles. The van der Waals surface area contributed by atoms with Gasteiger partial charge in [-0.15, -0.1) is 0 Å². The first-order chi connectivity index (χ1) is 6.61. The van der Waals surface area contributed by atoms with Gasteiger partial charge in [-0.2, -0.15) is 5.26 Å². The van der Waals surface area contributed by atoms with Gasteiger partial charge in [0.15, 0.2) is 6.61 Å². The molecule has 0 spiro atoms. The van der Waals surface area contributed by atoms with Crippen LogP contribution in [0.25, 0.3) is 0 Å². The molecule has 0 unspecified atom stereocenters. The summed E-state index contributed by atoms with van der Waals surface area (Å²) in [5.41, 5.74) is -0.360. The maximum Gasteiger partial charge on any atom is 0.348 e. The van der Waals surface area contributed by atoms with Crippen molar-refractivity contribution in [3.05, 3.63) is 24.8 Å². The number of carbonyl (C=O) groups excluding carboxylic acids is 2. The van der Waals surface area contributed by atoms with Gasteiger partial charge in [0.25, 0.3) is 0 Å². The molecule has 74 valence electrons. The first-order valence-corrected chi connectivity index (χ1v) is 3.64. The zero-order chi connectivity index (χ0) is 11.0. The molecule has 5 heteroatoms. The molecule has 0 amide bonds. The van der Waals surface area contributed by atoms with Crippen LogP contribution in [0.3, 0.4) is 0 Å². The maximum absolute atomic E-state index is 10.8. The second-order valence-electron chi connectivity index (χ2n) is 2.14. The Morgan fingerprint density at radius 3 is 2.57 bits per heavy atom. The second kappa shape index (κ2) is 6.43. The van der Waals surface area contributed by atoms with Crippen molar-refractivity contribution in [2.75, 3.05) is 13.2 Å². The van der Waals surface area contributed by atoms with E-state index in [1.807, 2.05) is 0 Å². The van der Waals surface area contributed by atoms with Gasteiger partial charge >= 0.3 is 11.9 Å². The highest BCUT2D eigenvalue weighted by Crippen LogP contribution is 1.92. The van der Waals surface area contributed by atoms with E-state index in [4.69, 9.17) is 5.26 Å². The Hall–Kier alpha value is -2.09. The summed E-state index contributed by atoms with van der Waals surface area (Å²) in [5.74, 6) is -1.63. The molecule has 5 nitrogen and oxygen atoms in total. The lowest BCUT2D eigenvalue weighted by atomic mass is 10.3. The number of hydrogen-bond donors (Lipinski definition) is 0. The topological polar surface area (TPSA) is 76.4 Å². The van der Waals surface area contributed by atoms with Crippen LogP contribution in [0.1, 0.15) is 0 Å². The lowest BCUT2D eigenvalue weighted by Crippen LogP contribution is -2.16. The average Bonchev–Trinajstić information content (AvgIpc) is 2.21. The van der Waals surface area contributed by atoms with Crippen molar-refractivity contribution < 1.29 is 19.1 Å². The van der Waals surface area contributed by atoms with Crippen LogP contribution in [0.4, 0.5) is 0 Å². The van der Waals surface area contributed by atoms with E-state index in [1.165, 1.54) is 12.1 Å². The van der Waals surface area contributed by atoms with Gasteiger partial charge in [-0.3, -0.25) is 0 Å². The van der Waals surface area contributed by atoms with Crippen molar-refractivity contribution in [3.8, 4) is 6.07 Å². The van der Waals surface area contributed by atoms with Crippen LogP contribution in [0.2, 0.25) is 0 Å². The predicted octanol–water partition coefficient (Wildman–Crippen LogP) is 0.339. The number of hydrogen-bond acceptors (Lipinski definition) is 5. The number of nitriles is 1. The molecule has 0 saturated carbocycles. The number of rotatable bonds is 5. The standard InChI is InChI=1S/C9H9NO4/c1-3-4-13-8(11)6-14-9(12)7(2)5-10/h3H,1-2,4,6H2. The van der Waals surface area contributed by atoms with Gasteiger partial charge < -0.3 is 9.47 Å². The monoisotopic (exact) mass is 195 g/mol. The number of nitrogens with zero attached hydrogens (tertiary/aromatic N) is 1. The van der Waals surface area contributed by atoms with Crippen LogP contribution in [0, 0.1) is 11.3 Å². The summed E-state index contributed by atoms with van der Waals surface area (Å²) in [5, 5.41) is 8.23. The van der Waals surface area contributed by atoms with E-state index < -0.39 is 18.5 Å². The summed E-state index contributed by atoms with van der Waals surface area (Å²) >= 11 is 0. The van der Waals surface area contributed by atoms with Crippen molar-refractivity contribution in [2.24, 2.45) is 0 Å². The average molecular weight is 195 g/mol. The predicted molar refractivity (Wildman–Crippen MR) is 46.9 cm³/mol. The Kier molecular flexibility index (Phi) is 5.47. The van der Waals surface area contributed by atoms with Gasteiger partial charge in [0.05, 0.1) is 0 Å². The molecule has 0 aromatic rings. The number of ether oxygens (including phenoxy) is 2. The Balaban J connectivity index is 3.78. The van der Waals surface area contributed by atoms with E-state index >= 15 is 0 Å². The fourth-order valence-electron chi connectivity index (χ4n) is 0.451. The van der Waals surface area contributed by atoms with Crippen molar-refractivity contribution in [1.82, 2.24) is 0 Å². The van der Waals surface area contributed by atoms with E-state index in [0.717, 1.165) is 0 Å². The number of carbonyl (C=O) groups is 2. The summed E-state index contributed by atoms with van der Waals surface area (Å²) in [6, 6.07) is 1.49. The van der Waals surface area contributed by atoms with Gasteiger partial charge in [0, 0.05) is 0 Å². The van der Waals surface area contributed by atoms with Crippen LogP contribution in [-0.2, 0) is 19.1 Å². The lowest BCUT2D eigenvalue weighted by molar-refractivity contribution is -0.155. The minimum atomic E-state index is -0.928. The smallest absolute Gasteiger partial charge is 0.348 e. The Bertz CT molecular complexity index is 300. The minimum Gasteiger partial charge on any atom is -0.459 e. The molecule has 0 aromatic heterocycles. The second-order valence-corrected chi connectivity index (χ2v) is 2.14. The maximum atomic E-state index is 10.8. The molecule has 14 heavy (non-hydrogen) atoms. The fraction of sp³-hybridized carbons (Fsp3) is 0.222. The van der Waals surface area contributed by atoms with Gasteiger partial charge in [0.1, 0.15) is 18.2 Å². The zero-order valence-electron chi connectivity index (χ0n) is 7.49. The summed E-state index contributed by atoms with van der Waals surface area (Å²) in [4.78, 5) is 21.5. The Labute approximate surface area is 81.2 Å². The third kappa shape index (κ3) is 4.72. The normalized spacial score (nSPS) is 8.21. The molecule has 0 saturated heterocycles. The molecule has 0 aromatic carbocycles. The Morgan fingerprint density at radius 2 is 2.07 bits per heavy atom. The van der Waals surface area contributed by atoms with Crippen molar-refractivity contribution in [2.45, 2.75) is 0 Å². The molecular weight excluding hydrogens is 186 g/mol. The molecule has 0 radical (unpaired) electrons. The van der Waals surface area contributed by atoms with Gasteiger partial charge in [-0.05, 0) is 0 Å². The molecule has 0 fully saturated rings. The van der Waals surface area contributed by atoms with E-state index in [0.29, 0.717) is 0 Å². The summed E-state index contributed by atoms with van der Waals surface area (Å²) in [6.45, 7) is 5.95. The first kappa shape index (κ1) is 11.9. The summed E-state index contributed by atoms with van der Waals surface area (Å²) < 4.78 is 8.89. The van der Waals surface area contributed by atoms with Crippen LogP contribution >= 0.6 is 0 Å². The SMILES string of the molecule is C=CCOC(=O)COC(=O)C(=C)C#N. The van der Waals surface area contributed by atoms with E-state index in [2.05, 4.69) is 22.6 Å². The molecular formula is C9H9NO4. The summed E-state index contributed by atoms with van der Waals surface area (Å²) in [7, 11) is 0. The first-order valence-electron chi connectivity index (χ1n) is 3.64. The van der Waals surface area contributed by atoms with Crippen molar-refractivity contribution in [1.29, 1.82) is 5.26 Å². The largest absolute Gasteiger partial charge is 0.459 e. The van der Waals surface area contributed by atoms with Gasteiger partial charge in [0.2, 0.25) is 0 Å². The van der Waals surface area contributed by atoms with Gasteiger partial charge in [-0.1, -0.05) is 19.2 Å². The summed E-state index contributed by atoms with van der Waals surface area (Å²) in [6.07, 6.45) is 1.38. The zero-order valence-corrected chi connectivity index (χ0v) is 7.49. The van der Waals surface area contributed by atoms with Crippen molar-refractivity contribution >= 4 is 11.9 Å². The molecule has 0 bridgehead atoms. The Morgan fingerprint density at radius 1 is 1.43 bits per heavy atom. The van der Waals surface area contributed by atoms with E-state index in [-0.39, 0.29) is 12.2 Å². The third-order valence-electron chi connectivity index (χ3n) is 1.06.